The summed E-state index contributed by atoms with van der Waals surface area (Å²) in [6, 6.07) is 13.0. The molecule has 0 saturated heterocycles. The van der Waals surface area contributed by atoms with Gasteiger partial charge in [-0.25, -0.2) is 13.4 Å². The number of aryl methyl sites for hydroxylation is 1. The summed E-state index contributed by atoms with van der Waals surface area (Å²) < 4.78 is 29.1. The Kier molecular flexibility index (Phi) is 5.86. The molecule has 0 radical (unpaired) electrons. The first kappa shape index (κ1) is 19.7. The minimum absolute atomic E-state index is 0.109. The quantitative estimate of drug-likeness (QED) is 0.630. The Bertz CT molecular complexity index is 1080. The SMILES string of the molecule is COCCS(=O)(=O)c1ccc(C(=O)Nc2cccc(-c3n[nH]c(C)n3)c2)cc1. The molecule has 1 amide bonds. The Hall–Kier alpha value is -3.04. The second kappa shape index (κ2) is 8.32. The van der Waals surface area contributed by atoms with Gasteiger partial charge in [0.15, 0.2) is 15.7 Å². The maximum Gasteiger partial charge on any atom is 0.255 e. The number of rotatable bonds is 7. The van der Waals surface area contributed by atoms with E-state index in [4.69, 9.17) is 4.74 Å². The minimum Gasteiger partial charge on any atom is -0.384 e. The number of aromatic nitrogens is 3. The van der Waals surface area contributed by atoms with Crippen LogP contribution in [0, 0.1) is 6.92 Å². The van der Waals surface area contributed by atoms with Crippen molar-refractivity contribution in [3.05, 3.63) is 59.9 Å². The van der Waals surface area contributed by atoms with Crippen LogP contribution in [0.4, 0.5) is 5.69 Å². The molecule has 2 N–H and O–H groups in total. The molecular formula is C19H20N4O4S. The number of benzene rings is 2. The second-order valence-corrected chi connectivity index (χ2v) is 8.22. The van der Waals surface area contributed by atoms with Gasteiger partial charge in [-0.15, -0.1) is 0 Å². The van der Waals surface area contributed by atoms with Gasteiger partial charge in [0.05, 0.1) is 17.3 Å². The van der Waals surface area contributed by atoms with Crippen molar-refractivity contribution in [1.29, 1.82) is 0 Å². The van der Waals surface area contributed by atoms with Gasteiger partial charge < -0.3 is 10.1 Å². The standard InChI is InChI=1S/C19H20N4O4S/c1-13-20-18(23-22-13)15-4-3-5-16(12-15)21-19(24)14-6-8-17(9-7-14)28(25,26)11-10-27-2/h3-9,12H,10-11H2,1-2H3,(H,21,24)(H,20,22,23). The monoisotopic (exact) mass is 400 g/mol. The molecule has 0 atom stereocenters. The van der Waals surface area contributed by atoms with Crippen LogP contribution in [-0.2, 0) is 14.6 Å². The average Bonchev–Trinajstić information content (AvgIpc) is 3.13. The molecule has 28 heavy (non-hydrogen) atoms. The topological polar surface area (TPSA) is 114 Å². The molecule has 0 aliphatic carbocycles. The molecule has 2 aromatic carbocycles. The van der Waals surface area contributed by atoms with E-state index in [0.717, 1.165) is 5.56 Å². The van der Waals surface area contributed by atoms with Crippen LogP contribution < -0.4 is 5.32 Å². The number of sulfone groups is 1. The van der Waals surface area contributed by atoms with Crippen LogP contribution in [0.1, 0.15) is 16.2 Å². The van der Waals surface area contributed by atoms with Crippen molar-refractivity contribution in [2.75, 3.05) is 24.8 Å². The lowest BCUT2D eigenvalue weighted by molar-refractivity contribution is 0.102. The highest BCUT2D eigenvalue weighted by atomic mass is 32.2. The fraction of sp³-hybridized carbons (Fsp3) is 0.211. The van der Waals surface area contributed by atoms with Crippen molar-refractivity contribution in [2.45, 2.75) is 11.8 Å². The van der Waals surface area contributed by atoms with Gasteiger partial charge in [0.1, 0.15) is 5.82 Å². The first-order chi connectivity index (χ1) is 13.4. The zero-order chi connectivity index (χ0) is 20.1. The van der Waals surface area contributed by atoms with E-state index in [9.17, 15) is 13.2 Å². The Balaban J connectivity index is 1.73. The van der Waals surface area contributed by atoms with E-state index < -0.39 is 9.84 Å². The predicted octanol–water partition coefficient (Wildman–Crippen LogP) is 2.45. The molecule has 3 rings (SSSR count). The van der Waals surface area contributed by atoms with Crippen molar-refractivity contribution >= 4 is 21.4 Å². The van der Waals surface area contributed by atoms with E-state index in [1.165, 1.54) is 31.4 Å². The van der Waals surface area contributed by atoms with Gasteiger partial charge in [-0.05, 0) is 43.3 Å². The molecule has 0 bridgehead atoms. The number of carbonyl (C=O) groups excluding carboxylic acids is 1. The number of nitrogens with one attached hydrogen (secondary N) is 2. The Morgan fingerprint density at radius 3 is 2.57 bits per heavy atom. The predicted molar refractivity (Wildman–Crippen MR) is 105 cm³/mol. The first-order valence-electron chi connectivity index (χ1n) is 8.51. The minimum atomic E-state index is -3.43. The number of amides is 1. The highest BCUT2D eigenvalue weighted by Crippen LogP contribution is 2.20. The molecule has 0 aliphatic heterocycles. The fourth-order valence-electron chi connectivity index (χ4n) is 2.54. The van der Waals surface area contributed by atoms with E-state index in [-0.39, 0.29) is 23.2 Å². The summed E-state index contributed by atoms with van der Waals surface area (Å²) in [5.74, 6) is 0.788. The van der Waals surface area contributed by atoms with Crippen LogP contribution in [0.25, 0.3) is 11.4 Å². The smallest absolute Gasteiger partial charge is 0.255 e. The van der Waals surface area contributed by atoms with Gasteiger partial charge in [0.2, 0.25) is 0 Å². The van der Waals surface area contributed by atoms with E-state index in [2.05, 4.69) is 20.5 Å². The lowest BCUT2D eigenvalue weighted by Crippen LogP contribution is -2.14. The number of carbonyl (C=O) groups is 1. The number of H-pyrrole nitrogens is 1. The molecule has 146 valence electrons. The number of aromatic amines is 1. The van der Waals surface area contributed by atoms with Crippen molar-refractivity contribution in [3.63, 3.8) is 0 Å². The second-order valence-electron chi connectivity index (χ2n) is 6.12. The van der Waals surface area contributed by atoms with Crippen LogP contribution in [-0.4, -0.2) is 49.0 Å². The zero-order valence-electron chi connectivity index (χ0n) is 15.5. The summed E-state index contributed by atoms with van der Waals surface area (Å²) in [5.41, 5.74) is 1.70. The van der Waals surface area contributed by atoms with Crippen LogP contribution in [0.2, 0.25) is 0 Å². The van der Waals surface area contributed by atoms with Gasteiger partial charge in [-0.2, -0.15) is 5.10 Å². The van der Waals surface area contributed by atoms with Gasteiger partial charge in [-0.3, -0.25) is 9.89 Å². The van der Waals surface area contributed by atoms with E-state index >= 15 is 0 Å². The average molecular weight is 400 g/mol. The van der Waals surface area contributed by atoms with Crippen LogP contribution in [0.5, 0.6) is 0 Å². The van der Waals surface area contributed by atoms with E-state index in [1.807, 2.05) is 6.07 Å². The van der Waals surface area contributed by atoms with E-state index in [1.54, 1.807) is 25.1 Å². The lowest BCUT2D eigenvalue weighted by atomic mass is 10.1. The summed E-state index contributed by atoms with van der Waals surface area (Å²) in [5, 5.41) is 9.68. The maximum absolute atomic E-state index is 12.5. The molecule has 0 spiro atoms. The van der Waals surface area contributed by atoms with Gasteiger partial charge >= 0.3 is 0 Å². The zero-order valence-corrected chi connectivity index (χ0v) is 16.3. The molecule has 0 fully saturated rings. The fourth-order valence-corrected chi connectivity index (χ4v) is 3.71. The normalized spacial score (nSPS) is 11.4. The molecule has 0 saturated carbocycles. The number of ether oxygens (including phenoxy) is 1. The summed E-state index contributed by atoms with van der Waals surface area (Å²) >= 11 is 0. The Labute approximate surface area is 162 Å². The third kappa shape index (κ3) is 4.62. The van der Waals surface area contributed by atoms with E-state index in [0.29, 0.717) is 22.9 Å². The van der Waals surface area contributed by atoms with Crippen molar-refractivity contribution in [3.8, 4) is 11.4 Å². The van der Waals surface area contributed by atoms with Gasteiger partial charge in [0, 0.05) is 23.9 Å². The number of hydrogen-bond acceptors (Lipinski definition) is 6. The molecule has 1 aromatic heterocycles. The summed E-state index contributed by atoms with van der Waals surface area (Å²) in [6.07, 6.45) is 0. The number of methoxy groups -OCH3 is 1. The molecular weight excluding hydrogens is 380 g/mol. The van der Waals surface area contributed by atoms with Crippen molar-refractivity contribution in [1.82, 2.24) is 15.2 Å². The largest absolute Gasteiger partial charge is 0.384 e. The van der Waals surface area contributed by atoms with Crippen molar-refractivity contribution < 1.29 is 17.9 Å². The lowest BCUT2D eigenvalue weighted by Gasteiger charge is -2.08. The molecule has 8 nitrogen and oxygen atoms in total. The highest BCUT2D eigenvalue weighted by Gasteiger charge is 2.15. The molecule has 1 heterocycles. The summed E-state index contributed by atoms with van der Waals surface area (Å²) in [4.78, 5) is 16.9. The first-order valence-corrected chi connectivity index (χ1v) is 10.2. The molecule has 3 aromatic rings. The molecule has 9 heteroatoms. The maximum atomic E-state index is 12.5. The summed E-state index contributed by atoms with van der Waals surface area (Å²) in [7, 11) is -1.99. The van der Waals surface area contributed by atoms with Gasteiger partial charge in [0.25, 0.3) is 5.91 Å². The third-order valence-electron chi connectivity index (χ3n) is 4.01. The van der Waals surface area contributed by atoms with Crippen LogP contribution in [0.3, 0.4) is 0 Å². The third-order valence-corrected chi connectivity index (χ3v) is 5.70. The Morgan fingerprint density at radius 1 is 1.18 bits per heavy atom. The van der Waals surface area contributed by atoms with Crippen molar-refractivity contribution in [2.24, 2.45) is 0 Å². The highest BCUT2D eigenvalue weighted by molar-refractivity contribution is 7.91. The molecule has 0 unspecified atom stereocenters. The van der Waals surface area contributed by atoms with Gasteiger partial charge in [-0.1, -0.05) is 12.1 Å². The summed E-state index contributed by atoms with van der Waals surface area (Å²) in [6.45, 7) is 1.92. The molecule has 0 aliphatic rings. The Morgan fingerprint density at radius 2 is 1.93 bits per heavy atom. The number of nitrogens with zero attached hydrogens (tertiary/aromatic N) is 2. The number of hydrogen-bond donors (Lipinski definition) is 2. The van der Waals surface area contributed by atoms with Crippen LogP contribution in [0.15, 0.2) is 53.4 Å². The van der Waals surface area contributed by atoms with Crippen LogP contribution >= 0.6 is 0 Å². The number of anilines is 1.